The normalized spacial score (nSPS) is 11.6. The number of amides is 1. The summed E-state index contributed by atoms with van der Waals surface area (Å²) in [5, 5.41) is 2.73. The number of aromatic nitrogens is 2. The third kappa shape index (κ3) is 4.43. The lowest BCUT2D eigenvalue weighted by Crippen LogP contribution is -2.32. The topological polar surface area (TPSA) is 99.6 Å². The molecular weight excluding hydrogens is 374 g/mol. The first kappa shape index (κ1) is 20.1. The van der Waals surface area contributed by atoms with Crippen LogP contribution in [0.5, 0.6) is 11.5 Å². The monoisotopic (exact) mass is 395 g/mol. The van der Waals surface area contributed by atoms with Crippen molar-refractivity contribution < 1.29 is 23.8 Å². The van der Waals surface area contributed by atoms with Crippen LogP contribution in [0.2, 0.25) is 0 Å². The van der Waals surface area contributed by atoms with E-state index in [0.29, 0.717) is 34.6 Å². The molecule has 1 unspecified atom stereocenters. The van der Waals surface area contributed by atoms with E-state index in [9.17, 15) is 9.59 Å². The molecule has 1 N–H and O–H groups in total. The summed E-state index contributed by atoms with van der Waals surface area (Å²) in [6.45, 7) is 1.75. The predicted octanol–water partition coefficient (Wildman–Crippen LogP) is 3.22. The van der Waals surface area contributed by atoms with E-state index in [4.69, 9.17) is 14.2 Å². The molecule has 8 nitrogen and oxygen atoms in total. The number of anilines is 1. The van der Waals surface area contributed by atoms with E-state index >= 15 is 0 Å². The zero-order valence-electron chi connectivity index (χ0n) is 16.3. The number of ether oxygens (including phenoxy) is 3. The largest absolute Gasteiger partial charge is 0.497 e. The number of benzene rings is 2. The van der Waals surface area contributed by atoms with Crippen molar-refractivity contribution in [3.05, 3.63) is 54.4 Å². The highest BCUT2D eigenvalue weighted by Crippen LogP contribution is 2.29. The number of hydrogen-bond acceptors (Lipinski definition) is 7. The summed E-state index contributed by atoms with van der Waals surface area (Å²) in [7, 11) is 3.02. The zero-order valence-corrected chi connectivity index (χ0v) is 16.3. The molecule has 0 aliphatic carbocycles. The number of esters is 1. The first-order valence-corrected chi connectivity index (χ1v) is 9.01. The van der Waals surface area contributed by atoms with Gasteiger partial charge in [0.2, 0.25) is 0 Å². The number of hydrogen-bond donors (Lipinski definition) is 1. The molecule has 0 spiro atoms. The molecule has 0 fully saturated rings. The van der Waals surface area contributed by atoms with Gasteiger partial charge >= 0.3 is 5.97 Å². The Kier molecular flexibility index (Phi) is 6.23. The Morgan fingerprint density at radius 3 is 2.59 bits per heavy atom. The van der Waals surface area contributed by atoms with Crippen molar-refractivity contribution in [2.45, 2.75) is 19.4 Å². The Bertz CT molecular complexity index is 1030. The van der Waals surface area contributed by atoms with Crippen molar-refractivity contribution in [2.75, 3.05) is 19.5 Å². The van der Waals surface area contributed by atoms with Gasteiger partial charge in [-0.05, 0) is 30.7 Å². The molecule has 3 rings (SSSR count). The van der Waals surface area contributed by atoms with Crippen molar-refractivity contribution >= 4 is 28.6 Å². The Labute approximate surface area is 167 Å². The van der Waals surface area contributed by atoms with Gasteiger partial charge in [0, 0.05) is 18.5 Å². The van der Waals surface area contributed by atoms with Crippen LogP contribution in [0.1, 0.15) is 23.7 Å². The average Bonchev–Trinajstić information content (AvgIpc) is 2.76. The van der Waals surface area contributed by atoms with Gasteiger partial charge in [0.1, 0.15) is 17.0 Å². The molecule has 2 aromatic carbocycles. The van der Waals surface area contributed by atoms with Gasteiger partial charge in [-0.3, -0.25) is 14.8 Å². The summed E-state index contributed by atoms with van der Waals surface area (Å²) >= 11 is 0. The van der Waals surface area contributed by atoms with Crippen LogP contribution in [0.3, 0.4) is 0 Å². The maximum absolute atomic E-state index is 12.7. The van der Waals surface area contributed by atoms with Crippen LogP contribution in [-0.2, 0) is 9.53 Å². The van der Waals surface area contributed by atoms with Crippen molar-refractivity contribution in [1.29, 1.82) is 0 Å². The first-order chi connectivity index (χ1) is 14.1. The minimum atomic E-state index is -0.995. The third-order valence-corrected chi connectivity index (χ3v) is 4.30. The molecule has 0 saturated carbocycles. The molecule has 150 valence electrons. The highest BCUT2D eigenvalue weighted by molar-refractivity contribution is 6.03. The summed E-state index contributed by atoms with van der Waals surface area (Å²) in [6.07, 6.45) is 2.34. The van der Waals surface area contributed by atoms with Crippen LogP contribution in [-0.4, -0.2) is 42.2 Å². The molecule has 8 heteroatoms. The second-order valence-electron chi connectivity index (χ2n) is 6.09. The van der Waals surface area contributed by atoms with Gasteiger partial charge in [-0.15, -0.1) is 0 Å². The van der Waals surface area contributed by atoms with Gasteiger partial charge in [0.25, 0.3) is 5.91 Å². The van der Waals surface area contributed by atoms with Gasteiger partial charge in [0.15, 0.2) is 6.10 Å². The summed E-state index contributed by atoms with van der Waals surface area (Å²) in [5.74, 6) is -0.0976. The molecule has 1 amide bonds. The van der Waals surface area contributed by atoms with Crippen LogP contribution >= 0.6 is 0 Å². The Balaban J connectivity index is 1.79. The van der Waals surface area contributed by atoms with Gasteiger partial charge in [-0.2, -0.15) is 0 Å². The summed E-state index contributed by atoms with van der Waals surface area (Å²) in [4.78, 5) is 33.8. The molecule has 0 aliphatic heterocycles. The maximum atomic E-state index is 12.7. The maximum Gasteiger partial charge on any atom is 0.341 e. The Morgan fingerprint density at radius 2 is 1.86 bits per heavy atom. The molecule has 0 radical (unpaired) electrons. The van der Waals surface area contributed by atoms with Gasteiger partial charge in [-0.1, -0.05) is 13.0 Å². The van der Waals surface area contributed by atoms with Gasteiger partial charge < -0.3 is 19.5 Å². The molecule has 0 bridgehead atoms. The predicted molar refractivity (Wildman–Crippen MR) is 107 cm³/mol. The van der Waals surface area contributed by atoms with E-state index in [1.165, 1.54) is 20.4 Å². The lowest BCUT2D eigenvalue weighted by atomic mass is 10.1. The minimum Gasteiger partial charge on any atom is -0.497 e. The molecule has 1 aromatic heterocycles. The van der Waals surface area contributed by atoms with E-state index in [1.54, 1.807) is 49.5 Å². The smallest absolute Gasteiger partial charge is 0.341 e. The fourth-order valence-corrected chi connectivity index (χ4v) is 2.80. The number of nitrogens with one attached hydrogen (secondary N) is 1. The van der Waals surface area contributed by atoms with E-state index in [0.717, 1.165) is 0 Å². The summed E-state index contributed by atoms with van der Waals surface area (Å²) < 4.78 is 15.9. The van der Waals surface area contributed by atoms with Crippen LogP contribution in [0.25, 0.3) is 11.0 Å². The van der Waals surface area contributed by atoms with E-state index < -0.39 is 18.0 Å². The highest BCUT2D eigenvalue weighted by atomic mass is 16.5. The third-order valence-electron chi connectivity index (χ3n) is 4.30. The van der Waals surface area contributed by atoms with Crippen molar-refractivity contribution in [3.8, 4) is 11.5 Å². The first-order valence-electron chi connectivity index (χ1n) is 9.01. The molecule has 1 atom stereocenters. The number of methoxy groups -OCH3 is 2. The molecule has 0 aliphatic rings. The number of carbonyl (C=O) groups is 2. The van der Waals surface area contributed by atoms with Crippen LogP contribution < -0.4 is 14.8 Å². The molecule has 1 heterocycles. The zero-order chi connectivity index (χ0) is 20.8. The number of nitrogens with zero attached hydrogens (tertiary/aromatic N) is 2. The van der Waals surface area contributed by atoms with Gasteiger partial charge in [-0.25, -0.2) is 4.79 Å². The van der Waals surface area contributed by atoms with Crippen molar-refractivity contribution in [3.63, 3.8) is 0 Å². The van der Waals surface area contributed by atoms with E-state index in [1.807, 2.05) is 0 Å². The molecule has 3 aromatic rings. The number of rotatable bonds is 7. The van der Waals surface area contributed by atoms with Gasteiger partial charge in [0.05, 0.1) is 31.0 Å². The van der Waals surface area contributed by atoms with Crippen LogP contribution in [0.4, 0.5) is 5.69 Å². The van der Waals surface area contributed by atoms with E-state index in [2.05, 4.69) is 15.3 Å². The van der Waals surface area contributed by atoms with E-state index in [-0.39, 0.29) is 5.56 Å². The SMILES string of the molecule is CCC(OC(=O)c1cccc2nccnc12)C(=O)Nc1cc(OC)ccc1OC. The van der Waals surface area contributed by atoms with Crippen molar-refractivity contribution in [1.82, 2.24) is 9.97 Å². The quantitative estimate of drug-likeness (QED) is 0.613. The molecule has 29 heavy (non-hydrogen) atoms. The second-order valence-corrected chi connectivity index (χ2v) is 6.09. The summed E-state index contributed by atoms with van der Waals surface area (Å²) in [6, 6.07) is 10.1. The highest BCUT2D eigenvalue weighted by Gasteiger charge is 2.24. The second kappa shape index (κ2) is 9.01. The molecular formula is C21H21N3O5. The Hall–Kier alpha value is -3.68. The van der Waals surface area contributed by atoms with Crippen LogP contribution in [0.15, 0.2) is 48.8 Å². The average molecular weight is 395 g/mol. The number of para-hydroxylation sites is 1. The van der Waals surface area contributed by atoms with Crippen LogP contribution in [0, 0.1) is 0 Å². The Morgan fingerprint density at radius 1 is 1.07 bits per heavy atom. The lowest BCUT2D eigenvalue weighted by molar-refractivity contribution is -0.124. The standard InChI is InChI=1S/C21H21N3O5/c1-4-17(20(25)24-16-12-13(27-2)8-9-18(16)28-3)29-21(26)14-6-5-7-15-19(14)23-11-10-22-15/h5-12,17H,4H2,1-3H3,(H,24,25). The van der Waals surface area contributed by atoms with Crippen molar-refractivity contribution in [2.24, 2.45) is 0 Å². The number of fused-ring (bicyclic) bond motifs is 1. The fraction of sp³-hybridized carbons (Fsp3) is 0.238. The molecule has 0 saturated heterocycles. The fourth-order valence-electron chi connectivity index (χ4n) is 2.80. The lowest BCUT2D eigenvalue weighted by Gasteiger charge is -2.18. The minimum absolute atomic E-state index is 0.251. The number of carbonyl (C=O) groups excluding carboxylic acids is 2. The summed E-state index contributed by atoms with van der Waals surface area (Å²) in [5.41, 5.74) is 1.66.